The van der Waals surface area contributed by atoms with Crippen LogP contribution >= 0.6 is 0 Å². The monoisotopic (exact) mass is 400 g/mol. The number of ether oxygens (including phenoxy) is 2. The summed E-state index contributed by atoms with van der Waals surface area (Å²) in [4.78, 5) is 9.30. The molecule has 1 aliphatic heterocycles. The van der Waals surface area contributed by atoms with E-state index < -0.39 is 0 Å². The highest BCUT2D eigenvalue weighted by atomic mass is 16.5. The number of methoxy groups -OCH3 is 2. The van der Waals surface area contributed by atoms with E-state index in [0.29, 0.717) is 13.2 Å². The average molecular weight is 401 g/mol. The number of nitrogens with zero attached hydrogens (tertiary/aromatic N) is 4. The molecule has 0 saturated heterocycles. The van der Waals surface area contributed by atoms with Crippen molar-refractivity contribution >= 4 is 5.96 Å². The summed E-state index contributed by atoms with van der Waals surface area (Å²) in [6.45, 7) is 6.90. The van der Waals surface area contributed by atoms with Crippen molar-refractivity contribution in [1.82, 2.24) is 25.4 Å². The van der Waals surface area contributed by atoms with E-state index in [0.717, 1.165) is 61.3 Å². The Labute approximate surface area is 172 Å². The van der Waals surface area contributed by atoms with Crippen LogP contribution in [0, 0.1) is 6.92 Å². The zero-order valence-electron chi connectivity index (χ0n) is 17.9. The van der Waals surface area contributed by atoms with Crippen LogP contribution in [0.3, 0.4) is 0 Å². The predicted molar refractivity (Wildman–Crippen MR) is 113 cm³/mol. The molecule has 8 heteroatoms. The van der Waals surface area contributed by atoms with E-state index in [4.69, 9.17) is 14.5 Å². The molecular formula is C21H32N6O2. The van der Waals surface area contributed by atoms with E-state index in [-0.39, 0.29) is 6.04 Å². The number of benzene rings is 1. The number of guanidine groups is 1. The Morgan fingerprint density at radius 2 is 2.21 bits per heavy atom. The molecule has 0 aliphatic carbocycles. The second kappa shape index (κ2) is 10.2. The fraction of sp³-hybridized carbons (Fsp3) is 0.571. The van der Waals surface area contributed by atoms with Crippen LogP contribution in [0.2, 0.25) is 0 Å². The third kappa shape index (κ3) is 5.69. The van der Waals surface area contributed by atoms with Crippen molar-refractivity contribution in [1.29, 1.82) is 0 Å². The number of hydrogen-bond donors (Lipinski definition) is 2. The Bertz CT molecular complexity index is 833. The zero-order valence-corrected chi connectivity index (χ0v) is 17.9. The van der Waals surface area contributed by atoms with Crippen LogP contribution in [0.5, 0.6) is 5.75 Å². The Morgan fingerprint density at radius 1 is 1.34 bits per heavy atom. The summed E-state index contributed by atoms with van der Waals surface area (Å²) < 4.78 is 12.5. The van der Waals surface area contributed by atoms with Gasteiger partial charge >= 0.3 is 0 Å². The van der Waals surface area contributed by atoms with Crippen LogP contribution < -0.4 is 15.4 Å². The third-order valence-electron chi connectivity index (χ3n) is 5.00. The molecule has 1 atom stereocenters. The first-order valence-corrected chi connectivity index (χ1v) is 10.2. The van der Waals surface area contributed by atoms with Gasteiger partial charge in [0, 0.05) is 32.7 Å². The molecule has 0 spiro atoms. The maximum Gasteiger partial charge on any atom is 0.191 e. The van der Waals surface area contributed by atoms with Gasteiger partial charge in [-0.1, -0.05) is 12.1 Å². The third-order valence-corrected chi connectivity index (χ3v) is 5.00. The zero-order chi connectivity index (χ0) is 20.6. The summed E-state index contributed by atoms with van der Waals surface area (Å²) in [7, 11) is 3.37. The first-order chi connectivity index (χ1) is 14.1. The van der Waals surface area contributed by atoms with Crippen molar-refractivity contribution in [3.63, 3.8) is 0 Å². The fourth-order valence-electron chi connectivity index (χ4n) is 3.50. The van der Waals surface area contributed by atoms with Crippen molar-refractivity contribution < 1.29 is 9.47 Å². The summed E-state index contributed by atoms with van der Waals surface area (Å²) in [5, 5.41) is 11.4. The molecule has 29 heavy (non-hydrogen) atoms. The second-order valence-corrected chi connectivity index (χ2v) is 7.25. The maximum atomic E-state index is 5.42. The molecular weight excluding hydrogens is 368 g/mol. The van der Waals surface area contributed by atoms with Crippen LogP contribution in [0.4, 0.5) is 0 Å². The van der Waals surface area contributed by atoms with Crippen molar-refractivity contribution in [2.75, 3.05) is 27.3 Å². The summed E-state index contributed by atoms with van der Waals surface area (Å²) >= 11 is 0. The minimum Gasteiger partial charge on any atom is -0.496 e. The summed E-state index contributed by atoms with van der Waals surface area (Å²) in [6, 6.07) is 6.60. The molecule has 8 nitrogen and oxygen atoms in total. The molecule has 1 aromatic heterocycles. The highest BCUT2D eigenvalue weighted by Gasteiger charge is 2.22. The smallest absolute Gasteiger partial charge is 0.191 e. The molecule has 2 N–H and O–H groups in total. The van der Waals surface area contributed by atoms with Gasteiger partial charge in [-0.3, -0.25) is 4.99 Å². The standard InChI is InChI=1S/C21H32N6O2/c1-5-22-21(23-11-10-16-7-6-15(2)18(12-16)29-4)24-17-8-9-20-25-19(14-28-3)26-27(20)13-17/h6-7,12,17H,5,8-11,13-14H2,1-4H3,(H2,22,23,24). The van der Waals surface area contributed by atoms with Gasteiger partial charge in [0.15, 0.2) is 11.8 Å². The summed E-state index contributed by atoms with van der Waals surface area (Å²) in [6.07, 6.45) is 2.77. The average Bonchev–Trinajstić information content (AvgIpc) is 3.11. The van der Waals surface area contributed by atoms with Gasteiger partial charge in [-0.15, -0.1) is 0 Å². The topological polar surface area (TPSA) is 85.6 Å². The van der Waals surface area contributed by atoms with E-state index in [9.17, 15) is 0 Å². The molecule has 0 amide bonds. The van der Waals surface area contributed by atoms with Gasteiger partial charge in [0.1, 0.15) is 18.2 Å². The van der Waals surface area contributed by atoms with Gasteiger partial charge in [0.2, 0.25) is 0 Å². The van der Waals surface area contributed by atoms with Gasteiger partial charge in [-0.25, -0.2) is 9.67 Å². The minimum atomic E-state index is 0.275. The van der Waals surface area contributed by atoms with Gasteiger partial charge in [-0.2, -0.15) is 5.10 Å². The molecule has 3 rings (SSSR count). The number of rotatable bonds is 8. The van der Waals surface area contributed by atoms with E-state index >= 15 is 0 Å². The molecule has 1 aliphatic rings. The summed E-state index contributed by atoms with van der Waals surface area (Å²) in [5.41, 5.74) is 2.37. The van der Waals surface area contributed by atoms with Gasteiger partial charge in [0.25, 0.3) is 0 Å². The highest BCUT2D eigenvalue weighted by Crippen LogP contribution is 2.19. The van der Waals surface area contributed by atoms with Crippen molar-refractivity contribution in [3.8, 4) is 5.75 Å². The van der Waals surface area contributed by atoms with Crippen LogP contribution in [0.15, 0.2) is 23.2 Å². The van der Waals surface area contributed by atoms with Gasteiger partial charge in [-0.05, 0) is 43.9 Å². The Kier molecular flexibility index (Phi) is 7.46. The second-order valence-electron chi connectivity index (χ2n) is 7.25. The van der Waals surface area contributed by atoms with Crippen LogP contribution in [-0.2, 0) is 30.7 Å². The Hall–Kier alpha value is -2.61. The number of aliphatic imine (C=N–C) groups is 1. The fourth-order valence-corrected chi connectivity index (χ4v) is 3.50. The molecule has 0 bridgehead atoms. The maximum absolute atomic E-state index is 5.42. The number of hydrogen-bond acceptors (Lipinski definition) is 5. The van der Waals surface area contributed by atoms with Crippen LogP contribution in [0.1, 0.15) is 36.1 Å². The largest absolute Gasteiger partial charge is 0.496 e. The SMILES string of the molecule is CCNC(=NCCc1ccc(C)c(OC)c1)NC1CCc2nc(COC)nn2C1. The predicted octanol–water partition coefficient (Wildman–Crippen LogP) is 1.85. The minimum absolute atomic E-state index is 0.275. The Morgan fingerprint density at radius 3 is 2.97 bits per heavy atom. The molecule has 2 aromatic rings. The summed E-state index contributed by atoms with van der Waals surface area (Å²) in [5.74, 6) is 3.55. The number of aryl methyl sites for hydroxylation is 2. The van der Waals surface area contributed by atoms with Crippen LogP contribution in [-0.4, -0.2) is 54.1 Å². The molecule has 0 saturated carbocycles. The molecule has 1 unspecified atom stereocenters. The van der Waals surface area contributed by atoms with E-state index in [1.165, 1.54) is 5.56 Å². The van der Waals surface area contributed by atoms with Crippen molar-refractivity contribution in [3.05, 3.63) is 41.0 Å². The van der Waals surface area contributed by atoms with E-state index in [2.05, 4.69) is 52.8 Å². The lowest BCUT2D eigenvalue weighted by Crippen LogP contribution is -2.47. The van der Waals surface area contributed by atoms with Gasteiger partial charge in [0.05, 0.1) is 13.7 Å². The number of nitrogens with one attached hydrogen (secondary N) is 2. The van der Waals surface area contributed by atoms with E-state index in [1.807, 2.05) is 4.68 Å². The quantitative estimate of drug-likeness (QED) is 0.520. The highest BCUT2D eigenvalue weighted by molar-refractivity contribution is 5.80. The molecule has 1 aromatic carbocycles. The lowest BCUT2D eigenvalue weighted by Gasteiger charge is -2.25. The number of aromatic nitrogens is 3. The first-order valence-electron chi connectivity index (χ1n) is 10.2. The number of fused-ring (bicyclic) bond motifs is 1. The normalized spacial score (nSPS) is 16.4. The lowest BCUT2D eigenvalue weighted by molar-refractivity contribution is 0.177. The van der Waals surface area contributed by atoms with Crippen LogP contribution in [0.25, 0.3) is 0 Å². The van der Waals surface area contributed by atoms with Crippen molar-refractivity contribution in [2.45, 2.75) is 52.3 Å². The molecule has 158 valence electrons. The molecule has 0 fully saturated rings. The van der Waals surface area contributed by atoms with Crippen molar-refractivity contribution in [2.24, 2.45) is 4.99 Å². The first kappa shape index (κ1) is 21.1. The Balaban J connectivity index is 1.58. The van der Waals surface area contributed by atoms with E-state index in [1.54, 1.807) is 14.2 Å². The molecule has 0 radical (unpaired) electrons. The lowest BCUT2D eigenvalue weighted by atomic mass is 10.1. The van der Waals surface area contributed by atoms with Gasteiger partial charge < -0.3 is 20.1 Å². The molecule has 2 heterocycles.